The van der Waals surface area contributed by atoms with Crippen LogP contribution in [0, 0.1) is 11.6 Å². The Morgan fingerprint density at radius 3 is 2.65 bits per heavy atom. The van der Waals surface area contributed by atoms with Gasteiger partial charge in [-0.25, -0.2) is 0 Å². The first-order chi connectivity index (χ1) is 9.66. The van der Waals surface area contributed by atoms with Gasteiger partial charge in [0.2, 0.25) is 0 Å². The molecule has 3 aromatic rings. The minimum absolute atomic E-state index is 0.0787. The van der Waals surface area contributed by atoms with Crippen LogP contribution in [-0.4, -0.2) is 10.8 Å². The van der Waals surface area contributed by atoms with Gasteiger partial charge in [-0.15, -0.1) is 0 Å². The molecule has 4 rings (SSSR count). The number of carbonyl (C=O) groups excluding carboxylic acids is 1. The number of aryl methyl sites for hydroxylation is 1. The van der Waals surface area contributed by atoms with E-state index in [2.05, 4.69) is 4.98 Å². The number of ketones is 1. The van der Waals surface area contributed by atoms with Crippen molar-refractivity contribution in [1.82, 2.24) is 4.98 Å². The second-order valence-corrected chi connectivity index (χ2v) is 5.54. The zero-order chi connectivity index (χ0) is 13.9. The summed E-state index contributed by atoms with van der Waals surface area (Å²) in [4.78, 5) is 16.0. The third-order valence-corrected chi connectivity index (χ3v) is 4.14. The molecule has 2 aromatic carbocycles. The summed E-state index contributed by atoms with van der Waals surface area (Å²) in [6.07, 6.45) is 0. The molecule has 0 saturated heterocycles. The van der Waals surface area contributed by atoms with Gasteiger partial charge in [-0.2, -0.15) is 0 Å². The molecule has 0 bridgehead atoms. The average Bonchev–Trinajstić information content (AvgIpc) is 2.73. The number of carbonyl (C=O) groups is 1. The van der Waals surface area contributed by atoms with Gasteiger partial charge in [0.1, 0.15) is 4.64 Å². The van der Waals surface area contributed by atoms with Gasteiger partial charge in [0.05, 0.1) is 0 Å². The van der Waals surface area contributed by atoms with Gasteiger partial charge in [0, 0.05) is 27.6 Å². The summed E-state index contributed by atoms with van der Waals surface area (Å²) >= 11 is 5.46. The molecular formula is C17H11NOS. The van der Waals surface area contributed by atoms with Crippen LogP contribution >= 0.6 is 12.2 Å². The van der Waals surface area contributed by atoms with Gasteiger partial charge >= 0.3 is 0 Å². The Morgan fingerprint density at radius 2 is 1.80 bits per heavy atom. The predicted molar refractivity (Wildman–Crippen MR) is 82.7 cm³/mol. The topological polar surface area (TPSA) is 32.9 Å². The smallest absolute Gasteiger partial charge is 0.195 e. The molecule has 0 fully saturated rings. The van der Waals surface area contributed by atoms with Crippen molar-refractivity contribution in [3.8, 4) is 11.1 Å². The Hall–Kier alpha value is -2.26. The molecule has 1 N–H and O–H groups in total. The fourth-order valence-corrected chi connectivity index (χ4v) is 3.26. The molecule has 1 heterocycles. The van der Waals surface area contributed by atoms with E-state index in [4.69, 9.17) is 12.2 Å². The lowest BCUT2D eigenvalue weighted by atomic mass is 10.0. The molecule has 0 amide bonds. The quantitative estimate of drug-likeness (QED) is 0.483. The van der Waals surface area contributed by atoms with Crippen LogP contribution in [0.4, 0.5) is 0 Å². The number of aromatic amines is 1. The van der Waals surface area contributed by atoms with Crippen molar-refractivity contribution in [3.05, 3.63) is 63.8 Å². The van der Waals surface area contributed by atoms with E-state index in [1.54, 1.807) is 0 Å². The van der Waals surface area contributed by atoms with E-state index >= 15 is 0 Å². The number of fused-ring (bicyclic) bond motifs is 5. The highest BCUT2D eigenvalue weighted by Gasteiger charge is 2.29. The summed E-state index contributed by atoms with van der Waals surface area (Å²) in [5.41, 5.74) is 5.32. The lowest BCUT2D eigenvalue weighted by Crippen LogP contribution is -1.97. The van der Waals surface area contributed by atoms with Crippen molar-refractivity contribution in [3.63, 3.8) is 0 Å². The number of benzene rings is 2. The Morgan fingerprint density at radius 1 is 1.00 bits per heavy atom. The van der Waals surface area contributed by atoms with E-state index in [1.807, 2.05) is 49.4 Å². The Labute approximate surface area is 121 Å². The summed E-state index contributed by atoms with van der Waals surface area (Å²) in [6, 6.07) is 13.8. The van der Waals surface area contributed by atoms with Crippen LogP contribution in [0.5, 0.6) is 0 Å². The van der Waals surface area contributed by atoms with Crippen molar-refractivity contribution in [2.75, 3.05) is 0 Å². The standard InChI is InChI=1S/C17H11NOS/c1-9-6-7-10-12(8-9)16(19)14-11-4-2-3-5-13(11)18-17(20)15(10)14/h2-8H,1H3,(H,18,20). The van der Waals surface area contributed by atoms with Crippen LogP contribution in [0.25, 0.3) is 22.0 Å². The summed E-state index contributed by atoms with van der Waals surface area (Å²) < 4.78 is 0.634. The summed E-state index contributed by atoms with van der Waals surface area (Å²) in [7, 11) is 0. The van der Waals surface area contributed by atoms with Crippen LogP contribution in [0.15, 0.2) is 42.5 Å². The van der Waals surface area contributed by atoms with Gasteiger partial charge < -0.3 is 4.98 Å². The van der Waals surface area contributed by atoms with Crippen molar-refractivity contribution in [2.24, 2.45) is 0 Å². The first-order valence-corrected chi connectivity index (χ1v) is 6.88. The highest BCUT2D eigenvalue weighted by atomic mass is 32.1. The lowest BCUT2D eigenvalue weighted by molar-refractivity contribution is 0.104. The second-order valence-electron chi connectivity index (χ2n) is 5.13. The largest absolute Gasteiger partial charge is 0.346 e. The normalized spacial score (nSPS) is 12.6. The number of aromatic nitrogens is 1. The fraction of sp³-hybridized carbons (Fsp3) is 0.0588. The highest BCUT2D eigenvalue weighted by molar-refractivity contribution is 7.71. The van der Waals surface area contributed by atoms with Crippen molar-refractivity contribution in [2.45, 2.75) is 6.92 Å². The maximum absolute atomic E-state index is 12.7. The molecule has 1 aliphatic rings. The zero-order valence-corrected chi connectivity index (χ0v) is 11.7. The molecule has 3 heteroatoms. The first kappa shape index (κ1) is 11.6. The lowest BCUT2D eigenvalue weighted by Gasteiger charge is -2.05. The third kappa shape index (κ3) is 1.38. The van der Waals surface area contributed by atoms with Crippen molar-refractivity contribution < 1.29 is 4.79 Å². The number of hydrogen-bond acceptors (Lipinski definition) is 2. The Kier molecular flexibility index (Phi) is 2.24. The predicted octanol–water partition coefficient (Wildman–Crippen LogP) is 4.42. The zero-order valence-electron chi connectivity index (χ0n) is 10.9. The van der Waals surface area contributed by atoms with Crippen LogP contribution < -0.4 is 0 Å². The molecule has 0 atom stereocenters. The van der Waals surface area contributed by atoms with E-state index in [-0.39, 0.29) is 5.78 Å². The van der Waals surface area contributed by atoms with E-state index in [9.17, 15) is 4.79 Å². The van der Waals surface area contributed by atoms with Gasteiger partial charge in [0.15, 0.2) is 5.78 Å². The van der Waals surface area contributed by atoms with Gasteiger partial charge in [-0.1, -0.05) is 48.1 Å². The number of hydrogen-bond donors (Lipinski definition) is 1. The molecule has 0 aliphatic heterocycles. The van der Waals surface area contributed by atoms with Crippen molar-refractivity contribution >= 4 is 28.9 Å². The SMILES string of the molecule is Cc1ccc2c(c1)C(=O)c1c-2c(=S)[nH]c2ccccc12. The maximum atomic E-state index is 12.7. The number of rotatable bonds is 0. The molecule has 0 radical (unpaired) electrons. The van der Waals surface area contributed by atoms with E-state index in [0.29, 0.717) is 4.64 Å². The van der Waals surface area contributed by atoms with Crippen molar-refractivity contribution in [1.29, 1.82) is 0 Å². The molecule has 0 spiro atoms. The maximum Gasteiger partial charge on any atom is 0.195 e. The Bertz CT molecular complexity index is 953. The summed E-state index contributed by atoms with van der Waals surface area (Å²) in [6.45, 7) is 2.00. The minimum atomic E-state index is 0.0787. The van der Waals surface area contributed by atoms with Gasteiger partial charge in [-0.3, -0.25) is 4.79 Å². The summed E-state index contributed by atoms with van der Waals surface area (Å²) in [5, 5.41) is 0.940. The van der Waals surface area contributed by atoms with Crippen LogP contribution in [-0.2, 0) is 0 Å². The number of H-pyrrole nitrogens is 1. The summed E-state index contributed by atoms with van der Waals surface area (Å²) in [5.74, 6) is 0.0787. The molecule has 96 valence electrons. The van der Waals surface area contributed by atoms with Crippen LogP contribution in [0.2, 0.25) is 0 Å². The molecule has 20 heavy (non-hydrogen) atoms. The van der Waals surface area contributed by atoms with Crippen LogP contribution in [0.3, 0.4) is 0 Å². The Balaban J connectivity index is 2.22. The second kappa shape index (κ2) is 3.87. The molecule has 0 unspecified atom stereocenters. The number of pyridine rings is 1. The first-order valence-electron chi connectivity index (χ1n) is 6.47. The third-order valence-electron chi connectivity index (χ3n) is 3.84. The van der Waals surface area contributed by atoms with Gasteiger partial charge in [-0.05, 0) is 24.6 Å². The van der Waals surface area contributed by atoms with Gasteiger partial charge in [0.25, 0.3) is 0 Å². The highest BCUT2D eigenvalue weighted by Crippen LogP contribution is 2.40. The molecule has 0 saturated carbocycles. The number of nitrogens with one attached hydrogen (secondary N) is 1. The molecule has 2 nitrogen and oxygen atoms in total. The molecule has 1 aromatic heterocycles. The minimum Gasteiger partial charge on any atom is -0.346 e. The monoisotopic (exact) mass is 277 g/mol. The van der Waals surface area contributed by atoms with E-state index in [1.165, 1.54) is 0 Å². The fourth-order valence-electron chi connectivity index (χ4n) is 2.93. The molecule has 1 aliphatic carbocycles. The van der Waals surface area contributed by atoms with E-state index < -0.39 is 0 Å². The average molecular weight is 277 g/mol. The number of para-hydroxylation sites is 1. The van der Waals surface area contributed by atoms with Crippen LogP contribution in [0.1, 0.15) is 21.5 Å². The van der Waals surface area contributed by atoms with E-state index in [0.717, 1.165) is 38.7 Å². The molecular weight excluding hydrogens is 266 g/mol.